The van der Waals surface area contributed by atoms with Gasteiger partial charge < -0.3 is 4.42 Å². The lowest BCUT2D eigenvalue weighted by Crippen LogP contribution is -2.28. The number of hydrogen-bond donors (Lipinski definition) is 0. The molecule has 2 heterocycles. The summed E-state index contributed by atoms with van der Waals surface area (Å²) < 4.78 is 32.1. The topological polar surface area (TPSA) is 50.5 Å². The van der Waals surface area contributed by atoms with Crippen molar-refractivity contribution in [2.24, 2.45) is 0 Å². The first-order chi connectivity index (χ1) is 9.57. The minimum atomic E-state index is -3.39. The summed E-state index contributed by atoms with van der Waals surface area (Å²) in [4.78, 5) is 0.373. The molecule has 0 bridgehead atoms. The smallest absolute Gasteiger partial charge is 0.243 e. The van der Waals surface area contributed by atoms with E-state index in [0.717, 1.165) is 17.7 Å². The molecule has 0 N–H and O–H groups in total. The molecule has 5 heteroatoms. The zero-order valence-electron chi connectivity index (χ0n) is 11.3. The number of nitrogens with zero attached hydrogens (tertiary/aromatic N) is 1. The summed E-state index contributed by atoms with van der Waals surface area (Å²) in [7, 11) is -3.39. The normalized spacial score (nSPS) is 20.4. The molecule has 0 saturated carbocycles. The maximum Gasteiger partial charge on any atom is 0.243 e. The van der Waals surface area contributed by atoms with Crippen molar-refractivity contribution >= 4 is 10.0 Å². The lowest BCUT2D eigenvalue weighted by Gasteiger charge is -2.16. The van der Waals surface area contributed by atoms with Crippen LogP contribution in [0.1, 0.15) is 23.7 Å². The quantitative estimate of drug-likeness (QED) is 0.873. The SMILES string of the molecule is Cc1cccc(S(=O)(=O)N2CCC(c3ccco3)C2)c1. The molecule has 2 aromatic rings. The molecule has 0 amide bonds. The Labute approximate surface area is 119 Å². The van der Waals surface area contributed by atoms with Crippen LogP contribution in [0.4, 0.5) is 0 Å². The van der Waals surface area contributed by atoms with Gasteiger partial charge in [0, 0.05) is 19.0 Å². The first kappa shape index (κ1) is 13.4. The van der Waals surface area contributed by atoms with Gasteiger partial charge in [-0.15, -0.1) is 0 Å². The van der Waals surface area contributed by atoms with Gasteiger partial charge in [0.2, 0.25) is 10.0 Å². The van der Waals surface area contributed by atoms with E-state index in [0.29, 0.717) is 18.0 Å². The van der Waals surface area contributed by atoms with Crippen LogP contribution in [-0.2, 0) is 10.0 Å². The predicted molar refractivity (Wildman–Crippen MR) is 76.0 cm³/mol. The molecule has 0 aliphatic carbocycles. The van der Waals surface area contributed by atoms with E-state index in [4.69, 9.17) is 4.42 Å². The maximum absolute atomic E-state index is 12.6. The van der Waals surface area contributed by atoms with E-state index in [9.17, 15) is 8.42 Å². The Morgan fingerprint density at radius 1 is 1.25 bits per heavy atom. The molecule has 1 aliphatic rings. The molecular weight excluding hydrogens is 274 g/mol. The summed E-state index contributed by atoms with van der Waals surface area (Å²) in [5, 5.41) is 0. The third-order valence-corrected chi connectivity index (χ3v) is 5.58. The maximum atomic E-state index is 12.6. The van der Waals surface area contributed by atoms with Crippen LogP contribution >= 0.6 is 0 Å². The summed E-state index contributed by atoms with van der Waals surface area (Å²) >= 11 is 0. The molecule has 1 atom stereocenters. The van der Waals surface area contributed by atoms with Gasteiger partial charge in [0.25, 0.3) is 0 Å². The van der Waals surface area contributed by atoms with Crippen LogP contribution in [0, 0.1) is 6.92 Å². The number of benzene rings is 1. The van der Waals surface area contributed by atoms with Gasteiger partial charge in [0.05, 0.1) is 11.2 Å². The van der Waals surface area contributed by atoms with Crippen LogP contribution in [-0.4, -0.2) is 25.8 Å². The van der Waals surface area contributed by atoms with Crippen molar-refractivity contribution < 1.29 is 12.8 Å². The van der Waals surface area contributed by atoms with Crippen molar-refractivity contribution in [3.63, 3.8) is 0 Å². The van der Waals surface area contributed by atoms with Crippen molar-refractivity contribution in [1.82, 2.24) is 4.31 Å². The molecule has 0 spiro atoms. The van der Waals surface area contributed by atoms with Crippen molar-refractivity contribution in [3.8, 4) is 0 Å². The summed E-state index contributed by atoms with van der Waals surface area (Å²) in [6, 6.07) is 10.8. The van der Waals surface area contributed by atoms with Crippen LogP contribution in [0.5, 0.6) is 0 Å². The van der Waals surface area contributed by atoms with E-state index in [-0.39, 0.29) is 5.92 Å². The summed E-state index contributed by atoms with van der Waals surface area (Å²) in [6.07, 6.45) is 2.44. The molecule has 4 nitrogen and oxygen atoms in total. The second-order valence-corrected chi connectivity index (χ2v) is 7.12. The zero-order chi connectivity index (χ0) is 14.2. The van der Waals surface area contributed by atoms with Crippen molar-refractivity contribution in [2.45, 2.75) is 24.2 Å². The molecule has 1 fully saturated rings. The number of hydrogen-bond acceptors (Lipinski definition) is 3. The first-order valence-corrected chi connectivity index (χ1v) is 8.11. The molecule has 1 unspecified atom stereocenters. The fourth-order valence-corrected chi connectivity index (χ4v) is 4.23. The minimum Gasteiger partial charge on any atom is -0.469 e. The summed E-state index contributed by atoms with van der Waals surface area (Å²) in [5.74, 6) is 1.02. The van der Waals surface area contributed by atoms with Crippen molar-refractivity contribution in [2.75, 3.05) is 13.1 Å². The van der Waals surface area contributed by atoms with Gasteiger partial charge in [-0.05, 0) is 43.2 Å². The highest BCUT2D eigenvalue weighted by Gasteiger charge is 2.34. The molecule has 20 heavy (non-hydrogen) atoms. The fraction of sp³-hybridized carbons (Fsp3) is 0.333. The minimum absolute atomic E-state index is 0.157. The highest BCUT2D eigenvalue weighted by molar-refractivity contribution is 7.89. The van der Waals surface area contributed by atoms with Crippen LogP contribution in [0.15, 0.2) is 52.0 Å². The Balaban J connectivity index is 1.83. The van der Waals surface area contributed by atoms with E-state index in [1.165, 1.54) is 0 Å². The number of aryl methyl sites for hydroxylation is 1. The molecule has 3 rings (SSSR count). The average Bonchev–Trinajstić information content (AvgIpc) is 3.10. The first-order valence-electron chi connectivity index (χ1n) is 6.67. The Kier molecular flexibility index (Phi) is 3.40. The largest absolute Gasteiger partial charge is 0.469 e. The lowest BCUT2D eigenvalue weighted by atomic mass is 10.1. The Morgan fingerprint density at radius 2 is 2.10 bits per heavy atom. The number of furan rings is 1. The van der Waals surface area contributed by atoms with Crippen LogP contribution in [0.3, 0.4) is 0 Å². The number of rotatable bonds is 3. The van der Waals surface area contributed by atoms with Gasteiger partial charge in [0.15, 0.2) is 0 Å². The van der Waals surface area contributed by atoms with Crippen molar-refractivity contribution in [1.29, 1.82) is 0 Å². The van der Waals surface area contributed by atoms with E-state index < -0.39 is 10.0 Å². The van der Waals surface area contributed by atoms with Gasteiger partial charge in [0.1, 0.15) is 5.76 Å². The molecule has 1 aromatic carbocycles. The van der Waals surface area contributed by atoms with Crippen LogP contribution in [0.2, 0.25) is 0 Å². The molecule has 1 aliphatic heterocycles. The molecule has 0 radical (unpaired) electrons. The van der Waals surface area contributed by atoms with E-state index in [1.807, 2.05) is 25.1 Å². The Hall–Kier alpha value is -1.59. The van der Waals surface area contributed by atoms with E-state index >= 15 is 0 Å². The van der Waals surface area contributed by atoms with Gasteiger partial charge in [-0.3, -0.25) is 0 Å². The Morgan fingerprint density at radius 3 is 2.80 bits per heavy atom. The predicted octanol–water partition coefficient (Wildman–Crippen LogP) is 2.77. The zero-order valence-corrected chi connectivity index (χ0v) is 12.1. The lowest BCUT2D eigenvalue weighted by molar-refractivity contribution is 0.445. The molecule has 106 valence electrons. The third-order valence-electron chi connectivity index (χ3n) is 3.72. The van der Waals surface area contributed by atoms with Gasteiger partial charge in [-0.1, -0.05) is 12.1 Å². The summed E-state index contributed by atoms with van der Waals surface area (Å²) in [5.41, 5.74) is 0.952. The second-order valence-electron chi connectivity index (χ2n) is 5.18. The monoisotopic (exact) mass is 291 g/mol. The van der Waals surface area contributed by atoms with Gasteiger partial charge >= 0.3 is 0 Å². The molecule has 1 saturated heterocycles. The standard InChI is InChI=1S/C15H17NO3S/c1-12-4-2-5-14(10-12)20(17,18)16-8-7-13(11-16)15-6-3-9-19-15/h2-6,9-10,13H,7-8,11H2,1H3. The highest BCUT2D eigenvalue weighted by atomic mass is 32.2. The fourth-order valence-electron chi connectivity index (χ4n) is 2.63. The van der Waals surface area contributed by atoms with Crippen molar-refractivity contribution in [3.05, 3.63) is 54.0 Å². The van der Waals surface area contributed by atoms with Gasteiger partial charge in [-0.25, -0.2) is 8.42 Å². The van der Waals surface area contributed by atoms with Gasteiger partial charge in [-0.2, -0.15) is 4.31 Å². The second kappa shape index (κ2) is 5.07. The Bertz CT molecular complexity index is 692. The molecule has 1 aromatic heterocycles. The molecular formula is C15H17NO3S. The third kappa shape index (κ3) is 2.39. The number of sulfonamides is 1. The highest BCUT2D eigenvalue weighted by Crippen LogP contribution is 2.31. The van der Waals surface area contributed by atoms with Crippen LogP contribution in [0.25, 0.3) is 0 Å². The van der Waals surface area contributed by atoms with E-state index in [2.05, 4.69) is 0 Å². The van der Waals surface area contributed by atoms with Crippen LogP contribution < -0.4 is 0 Å². The average molecular weight is 291 g/mol. The summed E-state index contributed by atoms with van der Waals surface area (Å²) in [6.45, 7) is 2.93. The van der Waals surface area contributed by atoms with E-state index in [1.54, 1.807) is 28.8 Å².